The molecular formula is C11H19NO3. The molecule has 0 aromatic carbocycles. The third-order valence-electron chi connectivity index (χ3n) is 2.78. The molecule has 1 amide bonds. The van der Waals surface area contributed by atoms with Crippen molar-refractivity contribution in [2.75, 3.05) is 20.2 Å². The Kier molecular flexibility index (Phi) is 4.59. The van der Waals surface area contributed by atoms with Gasteiger partial charge in [0.15, 0.2) is 0 Å². The molecule has 1 atom stereocenters. The van der Waals surface area contributed by atoms with Crippen molar-refractivity contribution in [2.45, 2.75) is 32.6 Å². The fourth-order valence-corrected chi connectivity index (χ4v) is 1.87. The highest BCUT2D eigenvalue weighted by molar-refractivity contribution is 5.86. The summed E-state index contributed by atoms with van der Waals surface area (Å²) in [6, 6.07) is 0. The van der Waals surface area contributed by atoms with E-state index in [9.17, 15) is 9.59 Å². The monoisotopic (exact) mass is 213 g/mol. The van der Waals surface area contributed by atoms with E-state index in [-0.39, 0.29) is 17.8 Å². The van der Waals surface area contributed by atoms with Crippen molar-refractivity contribution in [1.82, 2.24) is 4.90 Å². The van der Waals surface area contributed by atoms with Gasteiger partial charge in [0.25, 0.3) is 0 Å². The molecular weight excluding hydrogens is 194 g/mol. The Morgan fingerprint density at radius 2 is 2.27 bits per heavy atom. The van der Waals surface area contributed by atoms with E-state index >= 15 is 0 Å². The summed E-state index contributed by atoms with van der Waals surface area (Å²) in [6.45, 7) is 3.44. The number of esters is 1. The minimum absolute atomic E-state index is 0.0847. The molecule has 1 unspecified atom stereocenters. The molecule has 86 valence electrons. The maximum absolute atomic E-state index is 11.5. The summed E-state index contributed by atoms with van der Waals surface area (Å²) < 4.78 is 4.64. The molecule has 0 aromatic heterocycles. The topological polar surface area (TPSA) is 46.6 Å². The molecule has 0 spiro atoms. The summed E-state index contributed by atoms with van der Waals surface area (Å²) in [7, 11) is 1.37. The van der Waals surface area contributed by atoms with Gasteiger partial charge in [0.2, 0.25) is 5.91 Å². The first-order valence-electron chi connectivity index (χ1n) is 5.54. The number of carbonyl (C=O) groups is 2. The molecule has 0 aromatic rings. The maximum atomic E-state index is 11.5. The van der Waals surface area contributed by atoms with Crippen LogP contribution in [0.25, 0.3) is 0 Å². The summed E-state index contributed by atoms with van der Waals surface area (Å²) in [4.78, 5) is 24.5. The van der Waals surface area contributed by atoms with Gasteiger partial charge in [0, 0.05) is 19.5 Å². The van der Waals surface area contributed by atoms with Crippen molar-refractivity contribution in [3.05, 3.63) is 0 Å². The third-order valence-corrected chi connectivity index (χ3v) is 2.78. The quantitative estimate of drug-likeness (QED) is 0.509. The van der Waals surface area contributed by atoms with Crippen LogP contribution in [0.4, 0.5) is 0 Å². The van der Waals surface area contributed by atoms with Crippen LogP contribution >= 0.6 is 0 Å². The molecule has 15 heavy (non-hydrogen) atoms. The van der Waals surface area contributed by atoms with Gasteiger partial charge in [-0.1, -0.05) is 19.8 Å². The van der Waals surface area contributed by atoms with E-state index in [2.05, 4.69) is 11.7 Å². The van der Waals surface area contributed by atoms with Crippen LogP contribution in [0.15, 0.2) is 0 Å². The number of amides is 1. The van der Waals surface area contributed by atoms with Gasteiger partial charge in [-0.15, -0.1) is 0 Å². The third kappa shape index (κ3) is 3.22. The van der Waals surface area contributed by atoms with Gasteiger partial charge in [0.05, 0.1) is 13.0 Å². The van der Waals surface area contributed by atoms with Crippen LogP contribution in [-0.4, -0.2) is 37.0 Å². The predicted molar refractivity (Wildman–Crippen MR) is 56.2 cm³/mol. The minimum Gasteiger partial charge on any atom is -0.469 e. The Hall–Kier alpha value is -1.06. The summed E-state index contributed by atoms with van der Waals surface area (Å²) in [5.74, 6) is -0.424. The second-order valence-electron chi connectivity index (χ2n) is 3.97. The van der Waals surface area contributed by atoms with Crippen LogP contribution in [0.3, 0.4) is 0 Å². The summed E-state index contributed by atoms with van der Waals surface area (Å²) in [5, 5.41) is 0. The molecule has 1 saturated heterocycles. The van der Waals surface area contributed by atoms with Crippen molar-refractivity contribution in [3.8, 4) is 0 Å². The zero-order valence-corrected chi connectivity index (χ0v) is 9.49. The van der Waals surface area contributed by atoms with Crippen LogP contribution in [0, 0.1) is 5.92 Å². The Morgan fingerprint density at radius 3 is 2.87 bits per heavy atom. The summed E-state index contributed by atoms with van der Waals surface area (Å²) in [5.41, 5.74) is 0. The van der Waals surface area contributed by atoms with Crippen LogP contribution in [0.2, 0.25) is 0 Å². The number of carbonyl (C=O) groups excluding carboxylic acids is 2. The number of unbranched alkanes of at least 4 members (excludes halogenated alkanes) is 2. The summed E-state index contributed by atoms with van der Waals surface area (Å²) in [6.07, 6.45) is 3.62. The van der Waals surface area contributed by atoms with E-state index in [4.69, 9.17) is 0 Å². The van der Waals surface area contributed by atoms with E-state index in [1.54, 1.807) is 4.90 Å². The number of hydrogen-bond acceptors (Lipinski definition) is 3. The second kappa shape index (κ2) is 5.73. The lowest BCUT2D eigenvalue weighted by atomic mass is 10.1. The predicted octanol–water partition coefficient (Wildman–Crippen LogP) is 1.20. The van der Waals surface area contributed by atoms with Gasteiger partial charge in [-0.2, -0.15) is 0 Å². The zero-order chi connectivity index (χ0) is 11.3. The van der Waals surface area contributed by atoms with E-state index in [0.29, 0.717) is 13.0 Å². The Bertz CT molecular complexity index is 240. The van der Waals surface area contributed by atoms with Crippen LogP contribution in [0.1, 0.15) is 32.6 Å². The van der Waals surface area contributed by atoms with Crippen LogP contribution < -0.4 is 0 Å². The number of hydrogen-bond donors (Lipinski definition) is 0. The molecule has 4 heteroatoms. The molecule has 1 aliphatic rings. The van der Waals surface area contributed by atoms with Gasteiger partial charge in [-0.3, -0.25) is 9.59 Å². The maximum Gasteiger partial charge on any atom is 0.310 e. The average Bonchev–Trinajstić information content (AvgIpc) is 2.60. The molecule has 1 heterocycles. The molecule has 1 rings (SSSR count). The highest BCUT2D eigenvalue weighted by atomic mass is 16.5. The van der Waals surface area contributed by atoms with E-state index in [0.717, 1.165) is 25.8 Å². The average molecular weight is 213 g/mol. The molecule has 0 radical (unpaired) electrons. The van der Waals surface area contributed by atoms with Gasteiger partial charge in [-0.25, -0.2) is 0 Å². The number of nitrogens with zero attached hydrogens (tertiary/aromatic N) is 1. The lowest BCUT2D eigenvalue weighted by molar-refractivity contribution is -0.145. The lowest BCUT2D eigenvalue weighted by Gasteiger charge is -2.15. The van der Waals surface area contributed by atoms with Crippen LogP contribution in [0.5, 0.6) is 0 Å². The largest absolute Gasteiger partial charge is 0.469 e. The Balaban J connectivity index is 2.35. The normalized spacial score (nSPS) is 20.8. The highest BCUT2D eigenvalue weighted by Gasteiger charge is 2.34. The zero-order valence-electron chi connectivity index (χ0n) is 9.49. The molecule has 1 fully saturated rings. The van der Waals surface area contributed by atoms with Crippen molar-refractivity contribution in [3.63, 3.8) is 0 Å². The van der Waals surface area contributed by atoms with Crippen LogP contribution in [-0.2, 0) is 14.3 Å². The molecule has 0 aliphatic carbocycles. The van der Waals surface area contributed by atoms with Crippen molar-refractivity contribution < 1.29 is 14.3 Å². The van der Waals surface area contributed by atoms with Crippen molar-refractivity contribution >= 4 is 11.9 Å². The minimum atomic E-state index is -0.263. The lowest BCUT2D eigenvalue weighted by Crippen LogP contribution is -2.27. The molecule has 0 bridgehead atoms. The standard InChI is InChI=1S/C11H19NO3/c1-3-4-5-6-12-8-9(7-10(12)13)11(14)15-2/h9H,3-8H2,1-2H3. The number of rotatable bonds is 5. The van der Waals surface area contributed by atoms with Gasteiger partial charge in [0.1, 0.15) is 0 Å². The number of likely N-dealkylation sites (tertiary alicyclic amines) is 1. The molecule has 4 nitrogen and oxygen atoms in total. The molecule has 1 aliphatic heterocycles. The Morgan fingerprint density at radius 1 is 1.53 bits per heavy atom. The van der Waals surface area contributed by atoms with Gasteiger partial charge < -0.3 is 9.64 Å². The van der Waals surface area contributed by atoms with Crippen molar-refractivity contribution in [2.24, 2.45) is 5.92 Å². The number of methoxy groups -OCH3 is 1. The first kappa shape index (κ1) is 12.0. The van der Waals surface area contributed by atoms with E-state index in [1.807, 2.05) is 0 Å². The SMILES string of the molecule is CCCCCN1CC(C(=O)OC)CC1=O. The fraction of sp³-hybridized carbons (Fsp3) is 0.818. The number of ether oxygens (including phenoxy) is 1. The Labute approximate surface area is 90.6 Å². The van der Waals surface area contributed by atoms with Crippen molar-refractivity contribution in [1.29, 1.82) is 0 Å². The smallest absolute Gasteiger partial charge is 0.310 e. The first-order chi connectivity index (χ1) is 7.19. The van der Waals surface area contributed by atoms with Gasteiger partial charge in [-0.05, 0) is 6.42 Å². The van der Waals surface area contributed by atoms with E-state index < -0.39 is 0 Å². The molecule has 0 saturated carbocycles. The molecule has 0 N–H and O–H groups in total. The summed E-state index contributed by atoms with van der Waals surface area (Å²) >= 11 is 0. The fourth-order valence-electron chi connectivity index (χ4n) is 1.87. The second-order valence-corrected chi connectivity index (χ2v) is 3.97. The highest BCUT2D eigenvalue weighted by Crippen LogP contribution is 2.19. The van der Waals surface area contributed by atoms with Gasteiger partial charge >= 0.3 is 5.97 Å². The van der Waals surface area contributed by atoms with E-state index in [1.165, 1.54) is 7.11 Å². The first-order valence-corrected chi connectivity index (χ1v) is 5.54.